The summed E-state index contributed by atoms with van der Waals surface area (Å²) in [6, 6.07) is 7.00. The molecule has 1 saturated heterocycles. The third-order valence-electron chi connectivity index (χ3n) is 5.28. The van der Waals surface area contributed by atoms with Gasteiger partial charge < -0.3 is 24.4 Å². The van der Waals surface area contributed by atoms with E-state index in [1.165, 1.54) is 23.5 Å². The number of aromatic nitrogens is 2. The molecule has 1 fully saturated rings. The summed E-state index contributed by atoms with van der Waals surface area (Å²) < 4.78 is 57.2. The van der Waals surface area contributed by atoms with Crippen LogP contribution < -0.4 is 10.1 Å². The quantitative estimate of drug-likeness (QED) is 0.400. The SMILES string of the molecule is CC(C)(C)OC(=O)N1CCN(C(=O)Nc2nc3ccc(F)cc3s2)C(COc2cccnc2)C1.O=C(O)C(F)(F)F. The van der Waals surface area contributed by atoms with Gasteiger partial charge in [-0.2, -0.15) is 13.2 Å². The highest BCUT2D eigenvalue weighted by Gasteiger charge is 2.38. The van der Waals surface area contributed by atoms with Crippen LogP contribution in [0.25, 0.3) is 10.2 Å². The van der Waals surface area contributed by atoms with E-state index in [4.69, 9.17) is 19.4 Å². The molecule has 0 spiro atoms. The molecule has 1 aliphatic heterocycles. The van der Waals surface area contributed by atoms with Crippen LogP contribution in [0.3, 0.4) is 0 Å². The average Bonchev–Trinajstić information content (AvgIpc) is 3.28. The maximum Gasteiger partial charge on any atom is 0.490 e. The summed E-state index contributed by atoms with van der Waals surface area (Å²) in [6.07, 6.45) is -2.30. The monoisotopic (exact) mass is 601 g/mol. The van der Waals surface area contributed by atoms with Gasteiger partial charge in [-0.25, -0.2) is 23.8 Å². The molecule has 0 saturated carbocycles. The van der Waals surface area contributed by atoms with Crippen LogP contribution in [0.1, 0.15) is 20.8 Å². The molecular formula is C25H27F4N5O6S. The van der Waals surface area contributed by atoms with Crippen LogP contribution in [0.15, 0.2) is 42.7 Å². The number of nitrogens with one attached hydrogen (secondary N) is 1. The normalized spacial score (nSPS) is 15.5. The van der Waals surface area contributed by atoms with Gasteiger partial charge in [-0.3, -0.25) is 10.3 Å². The Balaban J connectivity index is 0.000000587. The molecule has 2 aromatic heterocycles. The van der Waals surface area contributed by atoms with Gasteiger partial charge in [0.25, 0.3) is 0 Å². The summed E-state index contributed by atoms with van der Waals surface area (Å²) in [6.45, 7) is 6.42. The first kappa shape index (κ1) is 31.3. The summed E-state index contributed by atoms with van der Waals surface area (Å²) in [5.41, 5.74) is -0.0208. The zero-order valence-electron chi connectivity index (χ0n) is 22.1. The maximum absolute atomic E-state index is 13.5. The number of fused-ring (bicyclic) bond motifs is 1. The lowest BCUT2D eigenvalue weighted by Gasteiger charge is -2.41. The minimum Gasteiger partial charge on any atom is -0.490 e. The van der Waals surface area contributed by atoms with E-state index in [2.05, 4.69) is 15.3 Å². The van der Waals surface area contributed by atoms with Crippen LogP contribution >= 0.6 is 11.3 Å². The zero-order chi connectivity index (χ0) is 30.4. The number of amides is 3. The molecule has 16 heteroatoms. The molecular weight excluding hydrogens is 574 g/mol. The molecule has 1 atom stereocenters. The standard InChI is InChI=1S/C23H26FN5O4S.C2HF3O2/c1-23(2,3)33-22(31)28-9-10-29(16(13-28)14-32-17-5-4-8-25-12-17)21(30)27-20-26-18-7-6-15(24)11-19(18)34-20;3-2(4,5)1(6)7/h4-8,11-12,16H,9-10,13-14H2,1-3H3,(H,26,27,30);(H,6,7). The highest BCUT2D eigenvalue weighted by molar-refractivity contribution is 7.22. The van der Waals surface area contributed by atoms with E-state index < -0.39 is 29.9 Å². The van der Waals surface area contributed by atoms with Crippen LogP contribution in [0.4, 0.5) is 32.3 Å². The van der Waals surface area contributed by atoms with Crippen molar-refractivity contribution in [2.75, 3.05) is 31.6 Å². The van der Waals surface area contributed by atoms with E-state index in [0.29, 0.717) is 27.6 Å². The highest BCUT2D eigenvalue weighted by atomic mass is 32.1. The molecule has 1 aliphatic rings. The van der Waals surface area contributed by atoms with E-state index in [1.807, 2.05) is 20.8 Å². The molecule has 0 radical (unpaired) electrons. The third-order valence-corrected chi connectivity index (χ3v) is 6.21. The number of nitrogens with zero attached hydrogens (tertiary/aromatic N) is 4. The number of carboxylic acid groups (broad SMARTS) is 1. The Morgan fingerprint density at radius 1 is 1.17 bits per heavy atom. The lowest BCUT2D eigenvalue weighted by atomic mass is 10.2. The van der Waals surface area contributed by atoms with Gasteiger partial charge >= 0.3 is 24.3 Å². The number of hydrogen-bond acceptors (Lipinski definition) is 8. The molecule has 2 N–H and O–H groups in total. The fourth-order valence-electron chi connectivity index (χ4n) is 3.50. The molecule has 3 aromatic rings. The van der Waals surface area contributed by atoms with Crippen LogP contribution in [0, 0.1) is 5.82 Å². The molecule has 0 aliphatic carbocycles. The molecule has 0 bridgehead atoms. The second-order valence-electron chi connectivity index (χ2n) is 9.64. The Bertz CT molecular complexity index is 1370. The first-order valence-corrected chi connectivity index (χ1v) is 12.9. The van der Waals surface area contributed by atoms with Crippen molar-refractivity contribution in [3.8, 4) is 5.75 Å². The minimum atomic E-state index is -5.08. The number of aliphatic carboxylic acids is 1. The van der Waals surface area contributed by atoms with E-state index in [9.17, 15) is 27.2 Å². The molecule has 1 aromatic carbocycles. The van der Waals surface area contributed by atoms with Crippen molar-refractivity contribution < 1.29 is 46.5 Å². The van der Waals surface area contributed by atoms with Crippen molar-refractivity contribution in [3.05, 3.63) is 48.5 Å². The van der Waals surface area contributed by atoms with Crippen LogP contribution in [0.2, 0.25) is 0 Å². The summed E-state index contributed by atoms with van der Waals surface area (Å²) in [7, 11) is 0. The molecule has 3 amide bonds. The van der Waals surface area contributed by atoms with Crippen molar-refractivity contribution in [1.82, 2.24) is 19.8 Å². The smallest absolute Gasteiger partial charge is 0.490 e. The number of carbonyl (C=O) groups excluding carboxylic acids is 2. The summed E-state index contributed by atoms with van der Waals surface area (Å²) in [4.78, 5) is 46.2. The second-order valence-corrected chi connectivity index (χ2v) is 10.7. The van der Waals surface area contributed by atoms with Crippen LogP contribution in [-0.2, 0) is 9.53 Å². The Hall–Kier alpha value is -4.21. The highest BCUT2D eigenvalue weighted by Crippen LogP contribution is 2.27. The fourth-order valence-corrected chi connectivity index (χ4v) is 4.38. The number of rotatable bonds is 4. The number of urea groups is 1. The van der Waals surface area contributed by atoms with Crippen molar-refractivity contribution in [3.63, 3.8) is 0 Å². The van der Waals surface area contributed by atoms with Crippen molar-refractivity contribution in [1.29, 1.82) is 0 Å². The number of thiazole rings is 1. The van der Waals surface area contributed by atoms with E-state index >= 15 is 0 Å². The summed E-state index contributed by atoms with van der Waals surface area (Å²) in [5, 5.41) is 10.3. The largest absolute Gasteiger partial charge is 0.490 e. The van der Waals surface area contributed by atoms with Gasteiger partial charge in [-0.05, 0) is 51.1 Å². The third kappa shape index (κ3) is 9.44. The van der Waals surface area contributed by atoms with E-state index in [-0.39, 0.29) is 31.5 Å². The van der Waals surface area contributed by atoms with Crippen molar-refractivity contribution >= 4 is 44.8 Å². The maximum atomic E-state index is 13.5. The fraction of sp³-hybridized carbons (Fsp3) is 0.400. The van der Waals surface area contributed by atoms with E-state index in [1.54, 1.807) is 40.4 Å². The number of piperazine rings is 1. The average molecular weight is 602 g/mol. The zero-order valence-corrected chi connectivity index (χ0v) is 23.0. The van der Waals surface area contributed by atoms with Crippen LogP contribution in [-0.4, -0.2) is 87.0 Å². The topological polar surface area (TPSA) is 134 Å². The number of pyridine rings is 1. The number of halogens is 4. The Kier molecular flexibility index (Phi) is 9.91. The molecule has 4 rings (SSSR count). The van der Waals surface area contributed by atoms with Gasteiger partial charge in [0.05, 0.1) is 22.5 Å². The number of carbonyl (C=O) groups is 3. The van der Waals surface area contributed by atoms with E-state index in [0.717, 1.165) is 0 Å². The lowest BCUT2D eigenvalue weighted by molar-refractivity contribution is -0.192. The second kappa shape index (κ2) is 13.0. The Morgan fingerprint density at radius 3 is 2.49 bits per heavy atom. The molecule has 222 valence electrons. The number of carboxylic acids is 1. The first-order valence-electron chi connectivity index (χ1n) is 12.1. The summed E-state index contributed by atoms with van der Waals surface area (Å²) >= 11 is 1.19. The number of hydrogen-bond donors (Lipinski definition) is 2. The van der Waals surface area contributed by atoms with Gasteiger partial charge in [0.15, 0.2) is 5.13 Å². The number of alkyl halides is 3. The minimum absolute atomic E-state index is 0.156. The molecule has 41 heavy (non-hydrogen) atoms. The molecule has 3 heterocycles. The Labute approximate surface area is 235 Å². The number of anilines is 1. The van der Waals surface area contributed by atoms with Crippen molar-refractivity contribution in [2.45, 2.75) is 38.6 Å². The lowest BCUT2D eigenvalue weighted by Crippen LogP contribution is -2.59. The van der Waals surface area contributed by atoms with Crippen LogP contribution in [0.5, 0.6) is 5.75 Å². The van der Waals surface area contributed by atoms with Gasteiger partial charge in [0.1, 0.15) is 23.8 Å². The predicted molar refractivity (Wildman–Crippen MR) is 140 cm³/mol. The molecule has 11 nitrogen and oxygen atoms in total. The summed E-state index contributed by atoms with van der Waals surface area (Å²) in [5.74, 6) is -2.56. The van der Waals surface area contributed by atoms with Gasteiger partial charge in [0.2, 0.25) is 0 Å². The number of ether oxygens (including phenoxy) is 2. The Morgan fingerprint density at radius 2 is 1.88 bits per heavy atom. The van der Waals surface area contributed by atoms with Gasteiger partial charge in [-0.1, -0.05) is 11.3 Å². The number of benzene rings is 1. The first-order chi connectivity index (χ1) is 19.1. The predicted octanol–water partition coefficient (Wildman–Crippen LogP) is 5.00. The van der Waals surface area contributed by atoms with Gasteiger partial charge in [0, 0.05) is 25.8 Å². The molecule has 1 unspecified atom stereocenters. The van der Waals surface area contributed by atoms with Crippen molar-refractivity contribution in [2.24, 2.45) is 0 Å². The van der Waals surface area contributed by atoms with Gasteiger partial charge in [-0.15, -0.1) is 0 Å².